The van der Waals surface area contributed by atoms with Gasteiger partial charge >= 0.3 is 0 Å². The molecule has 0 spiro atoms. The van der Waals surface area contributed by atoms with Gasteiger partial charge in [0.05, 0.1) is 17.9 Å². The second-order valence-corrected chi connectivity index (χ2v) is 7.81. The number of para-hydroxylation sites is 1. The number of unbranched alkanes of at least 4 members (excludes halogenated alkanes) is 2. The number of nitrogens with one attached hydrogen (secondary N) is 1. The maximum absolute atomic E-state index is 13.3. The average Bonchev–Trinajstić information content (AvgIpc) is 3.08. The number of benzene rings is 2. The number of methoxy groups -OCH3 is 1. The van der Waals surface area contributed by atoms with Crippen molar-refractivity contribution in [2.45, 2.75) is 31.8 Å². The van der Waals surface area contributed by atoms with Gasteiger partial charge in [-0.1, -0.05) is 36.8 Å². The molecule has 0 saturated heterocycles. The van der Waals surface area contributed by atoms with Crippen molar-refractivity contribution in [1.82, 2.24) is 10.2 Å². The van der Waals surface area contributed by atoms with E-state index in [0.29, 0.717) is 42.9 Å². The van der Waals surface area contributed by atoms with Crippen LogP contribution in [0.4, 0.5) is 5.69 Å². The fourth-order valence-corrected chi connectivity index (χ4v) is 4.32. The zero-order valence-corrected chi connectivity index (χ0v) is 17.7. The predicted octanol–water partition coefficient (Wildman–Crippen LogP) is 3.12. The van der Waals surface area contributed by atoms with Crippen LogP contribution in [0, 0.1) is 0 Å². The number of nitrogens with zero attached hydrogens (tertiary/aromatic N) is 2. The summed E-state index contributed by atoms with van der Waals surface area (Å²) in [6.07, 6.45) is 2.38. The number of ether oxygens (including phenoxy) is 1. The van der Waals surface area contributed by atoms with Gasteiger partial charge in [0.25, 0.3) is 11.8 Å². The molecule has 2 heterocycles. The van der Waals surface area contributed by atoms with Crippen LogP contribution in [-0.2, 0) is 9.53 Å². The molecule has 2 aromatic rings. The van der Waals surface area contributed by atoms with Crippen molar-refractivity contribution < 1.29 is 19.1 Å². The SMILES string of the molecule is COCCNC(=O)CCCCCN1C(=O)c2ccccc2N2C(=O)c3ccccc3[C@@H]12. The third-order valence-corrected chi connectivity index (χ3v) is 5.81. The molecule has 1 atom stereocenters. The van der Waals surface area contributed by atoms with Crippen LogP contribution in [0.15, 0.2) is 48.5 Å². The Morgan fingerprint density at radius 3 is 2.52 bits per heavy atom. The predicted molar refractivity (Wildman–Crippen MR) is 117 cm³/mol. The Balaban J connectivity index is 1.45. The summed E-state index contributed by atoms with van der Waals surface area (Å²) < 4.78 is 4.92. The van der Waals surface area contributed by atoms with Gasteiger partial charge in [-0.05, 0) is 31.0 Å². The highest BCUT2D eigenvalue weighted by Gasteiger charge is 2.47. The molecule has 31 heavy (non-hydrogen) atoms. The number of amides is 3. The number of carbonyl (C=O) groups is 3. The molecule has 2 aliphatic rings. The van der Waals surface area contributed by atoms with E-state index in [0.717, 1.165) is 24.8 Å². The van der Waals surface area contributed by atoms with Gasteiger partial charge in [-0.2, -0.15) is 0 Å². The van der Waals surface area contributed by atoms with Gasteiger partial charge < -0.3 is 15.0 Å². The molecule has 2 aromatic carbocycles. The van der Waals surface area contributed by atoms with E-state index < -0.39 is 6.17 Å². The zero-order valence-electron chi connectivity index (χ0n) is 17.7. The minimum absolute atomic E-state index is 0.0153. The van der Waals surface area contributed by atoms with Crippen LogP contribution in [0.25, 0.3) is 0 Å². The first kappa shape index (κ1) is 21.1. The number of fused-ring (bicyclic) bond motifs is 5. The molecule has 0 unspecified atom stereocenters. The van der Waals surface area contributed by atoms with Crippen LogP contribution in [0.3, 0.4) is 0 Å². The lowest BCUT2D eigenvalue weighted by molar-refractivity contribution is -0.121. The average molecular weight is 421 g/mol. The van der Waals surface area contributed by atoms with Crippen molar-refractivity contribution >= 4 is 23.4 Å². The number of rotatable bonds is 9. The van der Waals surface area contributed by atoms with Gasteiger partial charge in [0.1, 0.15) is 6.17 Å². The fraction of sp³-hybridized carbons (Fsp3) is 0.375. The smallest absolute Gasteiger partial charge is 0.260 e. The highest BCUT2D eigenvalue weighted by atomic mass is 16.5. The van der Waals surface area contributed by atoms with E-state index >= 15 is 0 Å². The van der Waals surface area contributed by atoms with Gasteiger partial charge in [-0.3, -0.25) is 19.3 Å². The molecule has 1 N–H and O–H groups in total. The van der Waals surface area contributed by atoms with Gasteiger partial charge in [-0.15, -0.1) is 0 Å². The second-order valence-electron chi connectivity index (χ2n) is 7.81. The molecule has 0 radical (unpaired) electrons. The first-order valence-electron chi connectivity index (χ1n) is 10.7. The highest BCUT2D eigenvalue weighted by Crippen LogP contribution is 2.45. The summed E-state index contributed by atoms with van der Waals surface area (Å²) in [5, 5.41) is 2.82. The molecule has 7 nitrogen and oxygen atoms in total. The molecular formula is C24H27N3O4. The van der Waals surface area contributed by atoms with E-state index in [1.54, 1.807) is 23.0 Å². The summed E-state index contributed by atoms with van der Waals surface area (Å²) >= 11 is 0. The Kier molecular flexibility index (Phi) is 6.32. The normalized spacial score (nSPS) is 16.7. The van der Waals surface area contributed by atoms with Crippen LogP contribution in [-0.4, -0.2) is 49.4 Å². The number of anilines is 1. The summed E-state index contributed by atoms with van der Waals surface area (Å²) in [6.45, 7) is 1.55. The van der Waals surface area contributed by atoms with E-state index in [-0.39, 0.29) is 17.7 Å². The Hall–Kier alpha value is -3.19. The standard InChI is InChI=1S/C24H27N3O4/c1-31-16-14-25-21(28)13-3-2-8-15-26-22-17-9-4-5-10-18(17)24(30)27(22)20-12-7-6-11-19(20)23(26)29/h4-7,9-12,22H,2-3,8,13-16H2,1H3,(H,25,28)/t22-/m0/s1. The Morgan fingerprint density at radius 1 is 0.968 bits per heavy atom. The van der Waals surface area contributed by atoms with E-state index in [9.17, 15) is 14.4 Å². The summed E-state index contributed by atoms with van der Waals surface area (Å²) in [4.78, 5) is 41.8. The van der Waals surface area contributed by atoms with Gasteiger partial charge in [0.15, 0.2) is 0 Å². The van der Waals surface area contributed by atoms with Crippen molar-refractivity contribution in [2.75, 3.05) is 31.7 Å². The van der Waals surface area contributed by atoms with Gasteiger partial charge in [0, 0.05) is 37.7 Å². The summed E-state index contributed by atoms with van der Waals surface area (Å²) in [5.41, 5.74) is 2.74. The third-order valence-electron chi connectivity index (χ3n) is 5.81. The van der Waals surface area contributed by atoms with Crippen LogP contribution in [0.1, 0.15) is 58.1 Å². The summed E-state index contributed by atoms with van der Waals surface area (Å²) in [5.74, 6) is -0.113. The second kappa shape index (κ2) is 9.31. The Labute approximate surface area is 182 Å². The van der Waals surface area contributed by atoms with Crippen LogP contribution in [0.5, 0.6) is 0 Å². The van der Waals surface area contributed by atoms with Crippen molar-refractivity contribution in [3.8, 4) is 0 Å². The van der Waals surface area contributed by atoms with Gasteiger partial charge in [0.2, 0.25) is 5.91 Å². The van der Waals surface area contributed by atoms with Crippen LogP contribution < -0.4 is 10.2 Å². The molecule has 2 aliphatic heterocycles. The fourth-order valence-electron chi connectivity index (χ4n) is 4.32. The van der Waals surface area contributed by atoms with E-state index in [1.165, 1.54) is 0 Å². The third kappa shape index (κ3) is 4.05. The van der Waals surface area contributed by atoms with E-state index in [2.05, 4.69) is 5.32 Å². The van der Waals surface area contributed by atoms with Gasteiger partial charge in [-0.25, -0.2) is 0 Å². The first-order valence-corrected chi connectivity index (χ1v) is 10.7. The van der Waals surface area contributed by atoms with Crippen LogP contribution in [0.2, 0.25) is 0 Å². The molecule has 0 saturated carbocycles. The minimum Gasteiger partial charge on any atom is -0.383 e. The van der Waals surface area contributed by atoms with E-state index in [4.69, 9.17) is 4.74 Å². The number of carbonyl (C=O) groups excluding carboxylic acids is 3. The maximum atomic E-state index is 13.3. The molecule has 7 heteroatoms. The quantitative estimate of drug-likeness (QED) is 0.631. The molecule has 162 valence electrons. The molecule has 4 rings (SSSR count). The monoisotopic (exact) mass is 421 g/mol. The molecule has 0 aromatic heterocycles. The van der Waals surface area contributed by atoms with Crippen molar-refractivity contribution in [3.63, 3.8) is 0 Å². The zero-order chi connectivity index (χ0) is 21.8. The van der Waals surface area contributed by atoms with Crippen molar-refractivity contribution in [3.05, 3.63) is 65.2 Å². The topological polar surface area (TPSA) is 79.0 Å². The molecule has 3 amide bonds. The van der Waals surface area contributed by atoms with Crippen molar-refractivity contribution in [2.24, 2.45) is 0 Å². The molecule has 0 fully saturated rings. The Bertz CT molecular complexity index is 990. The largest absolute Gasteiger partial charge is 0.383 e. The molecular weight excluding hydrogens is 394 g/mol. The highest BCUT2D eigenvalue weighted by molar-refractivity contribution is 6.16. The summed E-state index contributed by atoms with van der Waals surface area (Å²) in [7, 11) is 1.60. The van der Waals surface area contributed by atoms with E-state index in [1.807, 2.05) is 42.5 Å². The number of hydrogen-bond acceptors (Lipinski definition) is 4. The summed E-state index contributed by atoms with van der Waals surface area (Å²) in [6, 6.07) is 14.8. The molecule has 0 aliphatic carbocycles. The maximum Gasteiger partial charge on any atom is 0.260 e. The molecule has 0 bridgehead atoms. The van der Waals surface area contributed by atoms with Crippen molar-refractivity contribution in [1.29, 1.82) is 0 Å². The number of hydrogen-bond donors (Lipinski definition) is 1. The minimum atomic E-state index is -0.413. The first-order chi connectivity index (χ1) is 15.1. The lowest BCUT2D eigenvalue weighted by atomic mass is 10.0. The lowest BCUT2D eigenvalue weighted by Crippen LogP contribution is -2.48. The van der Waals surface area contributed by atoms with Crippen LogP contribution >= 0.6 is 0 Å². The lowest BCUT2D eigenvalue weighted by Gasteiger charge is -2.41. The Morgan fingerprint density at radius 2 is 1.71 bits per heavy atom.